The molecule has 10 heteroatoms. The highest BCUT2D eigenvalue weighted by Gasteiger charge is 2.34. The van der Waals surface area contributed by atoms with Gasteiger partial charge in [0.2, 0.25) is 5.91 Å². The summed E-state index contributed by atoms with van der Waals surface area (Å²) in [5.41, 5.74) is 0. The number of urea groups is 1. The van der Waals surface area contributed by atoms with Crippen LogP contribution in [-0.4, -0.2) is 59.8 Å². The van der Waals surface area contributed by atoms with E-state index in [9.17, 15) is 27.6 Å². The number of halogens is 3. The van der Waals surface area contributed by atoms with Crippen molar-refractivity contribution in [1.82, 2.24) is 15.5 Å². The Morgan fingerprint density at radius 1 is 1.43 bits per heavy atom. The summed E-state index contributed by atoms with van der Waals surface area (Å²) in [6, 6.07) is -1.89. The molecule has 120 valence electrons. The molecule has 0 bridgehead atoms. The summed E-state index contributed by atoms with van der Waals surface area (Å²) in [4.78, 5) is 35.1. The van der Waals surface area contributed by atoms with Crippen LogP contribution in [0.3, 0.4) is 0 Å². The molecule has 0 radical (unpaired) electrons. The Balaban J connectivity index is 2.49. The maximum Gasteiger partial charge on any atom is 0.389 e. The molecule has 0 aromatic heterocycles. The highest BCUT2D eigenvalue weighted by atomic mass is 19.4. The van der Waals surface area contributed by atoms with E-state index < -0.39 is 43.0 Å². The van der Waals surface area contributed by atoms with E-state index in [-0.39, 0.29) is 26.1 Å². The fourth-order valence-electron chi connectivity index (χ4n) is 1.91. The van der Waals surface area contributed by atoms with Crippen LogP contribution in [0.5, 0.6) is 0 Å². The van der Waals surface area contributed by atoms with E-state index in [1.54, 1.807) is 0 Å². The standard InChI is InChI=1S/C11H16F3N3O4/c12-11(13,14)2-1-3-16-10(21)17-5-4-15-9(20)7(17)6-8(18)19/h7H,1-6H2,(H,15,20)(H,16,21)(H,18,19). The minimum absolute atomic E-state index is 0.106. The second-order valence-corrected chi connectivity index (χ2v) is 4.55. The predicted octanol–water partition coefficient (Wildman–Crippen LogP) is 0.314. The Bertz CT molecular complexity index is 414. The third kappa shape index (κ3) is 5.88. The smallest absolute Gasteiger partial charge is 0.389 e. The molecule has 0 spiro atoms. The number of amides is 3. The summed E-state index contributed by atoms with van der Waals surface area (Å²) >= 11 is 0. The van der Waals surface area contributed by atoms with Gasteiger partial charge < -0.3 is 20.6 Å². The molecule has 7 nitrogen and oxygen atoms in total. The van der Waals surface area contributed by atoms with Crippen LogP contribution in [-0.2, 0) is 9.59 Å². The monoisotopic (exact) mass is 311 g/mol. The minimum atomic E-state index is -4.29. The number of carbonyl (C=O) groups is 3. The van der Waals surface area contributed by atoms with Gasteiger partial charge in [-0.15, -0.1) is 0 Å². The van der Waals surface area contributed by atoms with Gasteiger partial charge in [0.05, 0.1) is 6.42 Å². The Labute approximate surface area is 118 Å². The van der Waals surface area contributed by atoms with Crippen molar-refractivity contribution >= 4 is 17.9 Å². The van der Waals surface area contributed by atoms with E-state index >= 15 is 0 Å². The maximum absolute atomic E-state index is 12.0. The number of hydrogen-bond donors (Lipinski definition) is 3. The van der Waals surface area contributed by atoms with Crippen LogP contribution >= 0.6 is 0 Å². The fraction of sp³-hybridized carbons (Fsp3) is 0.727. The topological polar surface area (TPSA) is 98.7 Å². The molecule has 0 aliphatic carbocycles. The van der Waals surface area contributed by atoms with Crippen LogP contribution in [0.2, 0.25) is 0 Å². The van der Waals surface area contributed by atoms with Crippen LogP contribution < -0.4 is 10.6 Å². The van der Waals surface area contributed by atoms with Crippen molar-refractivity contribution in [3.05, 3.63) is 0 Å². The van der Waals surface area contributed by atoms with Gasteiger partial charge in [0.1, 0.15) is 6.04 Å². The van der Waals surface area contributed by atoms with E-state index in [0.29, 0.717) is 0 Å². The molecule has 3 amide bonds. The van der Waals surface area contributed by atoms with Gasteiger partial charge in [-0.05, 0) is 6.42 Å². The lowest BCUT2D eigenvalue weighted by Gasteiger charge is -2.34. The first-order valence-electron chi connectivity index (χ1n) is 6.31. The number of aliphatic carboxylic acids is 1. The van der Waals surface area contributed by atoms with E-state index in [0.717, 1.165) is 4.90 Å². The maximum atomic E-state index is 12.0. The third-order valence-corrected chi connectivity index (χ3v) is 2.87. The van der Waals surface area contributed by atoms with Crippen molar-refractivity contribution in [3.8, 4) is 0 Å². The minimum Gasteiger partial charge on any atom is -0.481 e. The number of carbonyl (C=O) groups excluding carboxylic acids is 2. The molecule has 0 aromatic rings. The summed E-state index contributed by atoms with van der Waals surface area (Å²) in [7, 11) is 0. The molecule has 0 aromatic carbocycles. The van der Waals surface area contributed by atoms with Gasteiger partial charge in [0.15, 0.2) is 0 Å². The largest absolute Gasteiger partial charge is 0.481 e. The number of nitrogens with zero attached hydrogens (tertiary/aromatic N) is 1. The van der Waals surface area contributed by atoms with Crippen molar-refractivity contribution in [1.29, 1.82) is 0 Å². The van der Waals surface area contributed by atoms with Gasteiger partial charge in [-0.25, -0.2) is 4.79 Å². The summed E-state index contributed by atoms with van der Waals surface area (Å²) < 4.78 is 35.9. The zero-order valence-electron chi connectivity index (χ0n) is 11.1. The molecule has 1 aliphatic heterocycles. The molecule has 21 heavy (non-hydrogen) atoms. The molecule has 0 saturated carbocycles. The highest BCUT2D eigenvalue weighted by molar-refractivity contribution is 5.91. The number of rotatable bonds is 5. The van der Waals surface area contributed by atoms with Crippen molar-refractivity contribution < 1.29 is 32.7 Å². The second-order valence-electron chi connectivity index (χ2n) is 4.55. The van der Waals surface area contributed by atoms with E-state index in [4.69, 9.17) is 5.11 Å². The van der Waals surface area contributed by atoms with Gasteiger partial charge in [0, 0.05) is 26.1 Å². The van der Waals surface area contributed by atoms with Gasteiger partial charge >= 0.3 is 18.2 Å². The average molecular weight is 311 g/mol. The summed E-state index contributed by atoms with van der Waals surface area (Å²) in [5, 5.41) is 13.4. The number of nitrogens with one attached hydrogen (secondary N) is 2. The molecule has 1 aliphatic rings. The van der Waals surface area contributed by atoms with Crippen molar-refractivity contribution in [3.63, 3.8) is 0 Å². The molecule has 1 heterocycles. The van der Waals surface area contributed by atoms with E-state index in [1.165, 1.54) is 0 Å². The van der Waals surface area contributed by atoms with Gasteiger partial charge in [-0.3, -0.25) is 9.59 Å². The molecule has 1 saturated heterocycles. The third-order valence-electron chi connectivity index (χ3n) is 2.87. The predicted molar refractivity (Wildman–Crippen MR) is 64.4 cm³/mol. The fourth-order valence-corrected chi connectivity index (χ4v) is 1.91. The summed E-state index contributed by atoms with van der Waals surface area (Å²) in [5.74, 6) is -1.83. The van der Waals surface area contributed by atoms with Crippen LogP contribution in [0, 0.1) is 0 Å². The van der Waals surface area contributed by atoms with Gasteiger partial charge in [-0.1, -0.05) is 0 Å². The normalized spacial score (nSPS) is 19.1. The van der Waals surface area contributed by atoms with Crippen molar-refractivity contribution in [2.75, 3.05) is 19.6 Å². The lowest BCUT2D eigenvalue weighted by atomic mass is 10.1. The molecule has 1 atom stereocenters. The summed E-state index contributed by atoms with van der Waals surface area (Å²) in [6.07, 6.45) is -6.14. The number of alkyl halides is 3. The molecule has 1 unspecified atom stereocenters. The quantitative estimate of drug-likeness (QED) is 0.637. The Kier molecular flexibility index (Phi) is 5.79. The first-order chi connectivity index (χ1) is 9.70. The molecular formula is C11H16F3N3O4. The first kappa shape index (κ1) is 17.1. The lowest BCUT2D eigenvalue weighted by molar-refractivity contribution is -0.142. The van der Waals surface area contributed by atoms with E-state index in [1.807, 2.05) is 0 Å². The zero-order valence-corrected chi connectivity index (χ0v) is 11.1. The Morgan fingerprint density at radius 3 is 2.67 bits per heavy atom. The van der Waals surface area contributed by atoms with Crippen LogP contribution in [0.1, 0.15) is 19.3 Å². The molecule has 1 fully saturated rings. The molecule has 3 N–H and O–H groups in total. The van der Waals surface area contributed by atoms with Crippen LogP contribution in [0.4, 0.5) is 18.0 Å². The van der Waals surface area contributed by atoms with Crippen LogP contribution in [0.25, 0.3) is 0 Å². The van der Waals surface area contributed by atoms with E-state index in [2.05, 4.69) is 10.6 Å². The van der Waals surface area contributed by atoms with Crippen molar-refractivity contribution in [2.45, 2.75) is 31.5 Å². The number of piperazine rings is 1. The first-order valence-corrected chi connectivity index (χ1v) is 6.31. The van der Waals surface area contributed by atoms with Gasteiger partial charge in [0.25, 0.3) is 0 Å². The van der Waals surface area contributed by atoms with Crippen molar-refractivity contribution in [2.24, 2.45) is 0 Å². The zero-order chi connectivity index (χ0) is 16.0. The highest BCUT2D eigenvalue weighted by Crippen LogP contribution is 2.20. The number of carboxylic acids is 1. The number of carboxylic acid groups (broad SMARTS) is 1. The summed E-state index contributed by atoms with van der Waals surface area (Å²) in [6.45, 7) is 0.0793. The lowest BCUT2D eigenvalue weighted by Crippen LogP contribution is -2.60. The Hall–Kier alpha value is -2.00. The molecular weight excluding hydrogens is 295 g/mol. The Morgan fingerprint density at radius 2 is 2.10 bits per heavy atom. The van der Waals surface area contributed by atoms with Gasteiger partial charge in [-0.2, -0.15) is 13.2 Å². The molecule has 1 rings (SSSR count). The SMILES string of the molecule is O=C(O)CC1C(=O)NCCN1C(=O)NCCCC(F)(F)F. The number of hydrogen-bond acceptors (Lipinski definition) is 3. The average Bonchev–Trinajstić information content (AvgIpc) is 2.35. The second kappa shape index (κ2) is 7.14. The van der Waals surface area contributed by atoms with Crippen LogP contribution in [0.15, 0.2) is 0 Å².